The van der Waals surface area contributed by atoms with Crippen molar-refractivity contribution in [2.24, 2.45) is 0 Å². The predicted molar refractivity (Wildman–Crippen MR) is 77.5 cm³/mol. The fourth-order valence-corrected chi connectivity index (χ4v) is 1.91. The number of carbonyl (C=O) groups is 1. The van der Waals surface area contributed by atoms with Crippen LogP contribution in [-0.2, 0) is 4.79 Å². The maximum absolute atomic E-state index is 10.8. The molecular weight excluding hydrogens is 258 g/mol. The number of rotatable bonds is 10. The summed E-state index contributed by atoms with van der Waals surface area (Å²) in [5.41, 5.74) is 0. The minimum absolute atomic E-state index is 0.0459. The van der Waals surface area contributed by atoms with Gasteiger partial charge in [0.05, 0.1) is 13.2 Å². The molecule has 1 rings (SSSR count). The Morgan fingerprint density at radius 2 is 1.80 bits per heavy atom. The molecule has 0 radical (unpaired) electrons. The molecule has 0 fully saturated rings. The Morgan fingerprint density at radius 1 is 1.15 bits per heavy atom. The summed E-state index contributed by atoms with van der Waals surface area (Å²) in [5.74, 6) is 0.601. The topological polar surface area (TPSA) is 59.0 Å². The van der Waals surface area contributed by atoms with Gasteiger partial charge in [-0.3, -0.25) is 9.69 Å². The normalized spacial score (nSPS) is 10.6. The number of aliphatic carboxylic acids is 1. The standard InChI is InChI=1S/C15H23NO4/c1-3-9-16(12-15(17)18)10-11-20-14-8-6-5-7-13(14)19-4-2/h5-8H,3-4,9-12H2,1-2H3,(H,17,18). The molecule has 0 bridgehead atoms. The Morgan fingerprint density at radius 3 is 2.35 bits per heavy atom. The SMILES string of the molecule is CCCN(CCOc1ccccc1OCC)CC(=O)O. The van der Waals surface area contributed by atoms with Crippen molar-refractivity contribution in [2.75, 3.05) is 32.8 Å². The molecule has 0 spiro atoms. The van der Waals surface area contributed by atoms with E-state index in [1.54, 1.807) is 0 Å². The number of benzene rings is 1. The van der Waals surface area contributed by atoms with Crippen molar-refractivity contribution in [3.63, 3.8) is 0 Å². The second-order valence-electron chi connectivity index (χ2n) is 4.40. The smallest absolute Gasteiger partial charge is 0.317 e. The second-order valence-corrected chi connectivity index (χ2v) is 4.40. The summed E-state index contributed by atoms with van der Waals surface area (Å²) in [6.45, 7) is 6.36. The summed E-state index contributed by atoms with van der Waals surface area (Å²) < 4.78 is 11.2. The van der Waals surface area contributed by atoms with E-state index in [2.05, 4.69) is 0 Å². The minimum atomic E-state index is -0.812. The first kappa shape index (κ1) is 16.3. The lowest BCUT2D eigenvalue weighted by Crippen LogP contribution is -2.34. The zero-order chi connectivity index (χ0) is 14.8. The Kier molecular flexibility index (Phi) is 7.50. The molecule has 0 heterocycles. The molecule has 0 amide bonds. The maximum Gasteiger partial charge on any atom is 0.317 e. The summed E-state index contributed by atoms with van der Waals surface area (Å²) in [6.07, 6.45) is 0.919. The van der Waals surface area contributed by atoms with Gasteiger partial charge in [-0.15, -0.1) is 0 Å². The number of ether oxygens (including phenoxy) is 2. The van der Waals surface area contributed by atoms with Crippen molar-refractivity contribution in [1.82, 2.24) is 4.90 Å². The van der Waals surface area contributed by atoms with Gasteiger partial charge in [-0.25, -0.2) is 0 Å². The molecule has 1 aromatic carbocycles. The Bertz CT molecular complexity index is 409. The predicted octanol–water partition coefficient (Wildman–Crippen LogP) is 2.26. The van der Waals surface area contributed by atoms with E-state index in [0.717, 1.165) is 18.7 Å². The highest BCUT2D eigenvalue weighted by Crippen LogP contribution is 2.26. The van der Waals surface area contributed by atoms with Gasteiger partial charge in [0.1, 0.15) is 6.61 Å². The van der Waals surface area contributed by atoms with Crippen molar-refractivity contribution in [2.45, 2.75) is 20.3 Å². The van der Waals surface area contributed by atoms with Crippen LogP contribution in [-0.4, -0.2) is 48.8 Å². The highest BCUT2D eigenvalue weighted by molar-refractivity contribution is 5.69. The van der Waals surface area contributed by atoms with Gasteiger partial charge in [-0.05, 0) is 32.0 Å². The van der Waals surface area contributed by atoms with Crippen LogP contribution in [0.4, 0.5) is 0 Å². The molecule has 5 heteroatoms. The van der Waals surface area contributed by atoms with Gasteiger partial charge in [-0.2, -0.15) is 0 Å². The molecule has 20 heavy (non-hydrogen) atoms. The second kappa shape index (κ2) is 9.20. The summed E-state index contributed by atoms with van der Waals surface area (Å²) in [6, 6.07) is 7.50. The zero-order valence-corrected chi connectivity index (χ0v) is 12.2. The largest absolute Gasteiger partial charge is 0.490 e. The fourth-order valence-electron chi connectivity index (χ4n) is 1.91. The highest BCUT2D eigenvalue weighted by Gasteiger charge is 2.09. The van der Waals surface area contributed by atoms with Crippen molar-refractivity contribution in [3.05, 3.63) is 24.3 Å². The number of carboxylic acids is 1. The first-order valence-electron chi connectivity index (χ1n) is 6.96. The quantitative estimate of drug-likeness (QED) is 0.713. The summed E-state index contributed by atoms with van der Waals surface area (Å²) in [5, 5.41) is 8.84. The monoisotopic (exact) mass is 281 g/mol. The Hall–Kier alpha value is -1.75. The molecule has 1 N–H and O–H groups in total. The summed E-state index contributed by atoms with van der Waals surface area (Å²) in [7, 11) is 0. The Balaban J connectivity index is 2.47. The first-order chi connectivity index (χ1) is 9.67. The van der Waals surface area contributed by atoms with E-state index in [0.29, 0.717) is 25.5 Å². The minimum Gasteiger partial charge on any atom is -0.490 e. The molecule has 0 aromatic heterocycles. The number of hydrogen-bond acceptors (Lipinski definition) is 4. The fraction of sp³-hybridized carbons (Fsp3) is 0.533. The third-order valence-corrected chi connectivity index (χ3v) is 2.71. The van der Waals surface area contributed by atoms with Crippen molar-refractivity contribution < 1.29 is 19.4 Å². The molecule has 0 saturated heterocycles. The van der Waals surface area contributed by atoms with Crippen LogP contribution in [0.2, 0.25) is 0 Å². The number of hydrogen-bond donors (Lipinski definition) is 1. The molecule has 0 aliphatic rings. The molecule has 0 saturated carbocycles. The number of nitrogens with zero attached hydrogens (tertiary/aromatic N) is 1. The Labute approximate surface area is 120 Å². The van der Waals surface area contributed by atoms with Gasteiger partial charge in [0.2, 0.25) is 0 Å². The van der Waals surface area contributed by atoms with Gasteiger partial charge in [0.25, 0.3) is 0 Å². The first-order valence-corrected chi connectivity index (χ1v) is 6.96. The molecule has 0 atom stereocenters. The van der Waals surface area contributed by atoms with Gasteiger partial charge < -0.3 is 14.6 Å². The third-order valence-electron chi connectivity index (χ3n) is 2.71. The third kappa shape index (κ3) is 5.93. The van der Waals surface area contributed by atoms with Gasteiger partial charge in [0.15, 0.2) is 11.5 Å². The summed E-state index contributed by atoms with van der Waals surface area (Å²) >= 11 is 0. The average Bonchev–Trinajstić information content (AvgIpc) is 2.40. The van der Waals surface area contributed by atoms with E-state index >= 15 is 0 Å². The molecular formula is C15H23NO4. The van der Waals surface area contributed by atoms with Crippen LogP contribution in [0.3, 0.4) is 0 Å². The van der Waals surface area contributed by atoms with E-state index in [9.17, 15) is 4.79 Å². The molecule has 0 unspecified atom stereocenters. The van der Waals surface area contributed by atoms with Crippen LogP contribution >= 0.6 is 0 Å². The lowest BCUT2D eigenvalue weighted by molar-refractivity contribution is -0.138. The number of carboxylic acid groups (broad SMARTS) is 1. The van der Waals surface area contributed by atoms with E-state index < -0.39 is 5.97 Å². The maximum atomic E-state index is 10.8. The molecule has 112 valence electrons. The zero-order valence-electron chi connectivity index (χ0n) is 12.2. The lowest BCUT2D eigenvalue weighted by Gasteiger charge is -2.20. The van der Waals surface area contributed by atoms with Crippen LogP contribution in [0.5, 0.6) is 11.5 Å². The molecule has 0 aliphatic carbocycles. The van der Waals surface area contributed by atoms with E-state index in [1.807, 2.05) is 43.0 Å². The molecule has 1 aromatic rings. The van der Waals surface area contributed by atoms with Gasteiger partial charge in [0, 0.05) is 6.54 Å². The van der Waals surface area contributed by atoms with Crippen molar-refractivity contribution in [1.29, 1.82) is 0 Å². The van der Waals surface area contributed by atoms with E-state index in [-0.39, 0.29) is 6.54 Å². The lowest BCUT2D eigenvalue weighted by atomic mass is 10.3. The van der Waals surface area contributed by atoms with Crippen molar-refractivity contribution >= 4 is 5.97 Å². The van der Waals surface area contributed by atoms with Crippen LogP contribution in [0.25, 0.3) is 0 Å². The molecule has 0 aliphatic heterocycles. The molecule has 5 nitrogen and oxygen atoms in total. The van der Waals surface area contributed by atoms with Crippen molar-refractivity contribution in [3.8, 4) is 11.5 Å². The van der Waals surface area contributed by atoms with E-state index in [1.165, 1.54) is 0 Å². The highest BCUT2D eigenvalue weighted by atomic mass is 16.5. The van der Waals surface area contributed by atoms with Crippen LogP contribution in [0, 0.1) is 0 Å². The summed E-state index contributed by atoms with van der Waals surface area (Å²) in [4.78, 5) is 12.6. The average molecular weight is 281 g/mol. The van der Waals surface area contributed by atoms with Gasteiger partial charge in [-0.1, -0.05) is 19.1 Å². The van der Waals surface area contributed by atoms with E-state index in [4.69, 9.17) is 14.6 Å². The van der Waals surface area contributed by atoms with Crippen LogP contribution in [0.1, 0.15) is 20.3 Å². The van der Waals surface area contributed by atoms with Crippen LogP contribution in [0.15, 0.2) is 24.3 Å². The number of para-hydroxylation sites is 2. The van der Waals surface area contributed by atoms with Crippen LogP contribution < -0.4 is 9.47 Å². The van der Waals surface area contributed by atoms with Gasteiger partial charge >= 0.3 is 5.97 Å².